The fourth-order valence-corrected chi connectivity index (χ4v) is 17.5. The number of carbonyl (C=O) groups is 4. The predicted octanol–water partition coefficient (Wildman–Crippen LogP) is 22.6. The first-order valence-electron chi connectivity index (χ1n) is 41.7. The molecule has 28 heteroatoms. The highest BCUT2D eigenvalue weighted by molar-refractivity contribution is 5.97. The molecule has 0 bridgehead atoms. The van der Waals surface area contributed by atoms with E-state index in [1.807, 2.05) is 0 Å². The molecule has 4 atom stereocenters. The number of aromatic nitrogens is 8. The standard InChI is InChI=1S/4C23H28F2N2O3/c4*1-3-15(12-21(28)18-8-9-22(29-2)27-14-18)16-4-6-17(7-5-16)20-13-19(10-11-26-20)30-23(24)25/h4*8-11,13-17,23H,3-7,12H2,1-2H3/t4*15-,16?,17?/m1100/s1. The Hall–Kier alpha value is -10.3. The first-order valence-corrected chi connectivity index (χ1v) is 41.7. The number of alkyl halides is 8. The lowest BCUT2D eigenvalue weighted by Gasteiger charge is -2.33. The van der Waals surface area contributed by atoms with Crippen molar-refractivity contribution in [3.8, 4) is 46.5 Å². The molecule has 4 aliphatic carbocycles. The lowest BCUT2D eigenvalue weighted by Crippen LogP contribution is -2.23. The summed E-state index contributed by atoms with van der Waals surface area (Å²) in [6.45, 7) is -2.82. The van der Waals surface area contributed by atoms with Gasteiger partial charge in [0.05, 0.1) is 28.4 Å². The van der Waals surface area contributed by atoms with Crippen LogP contribution in [-0.4, -0.2) is 118 Å². The van der Waals surface area contributed by atoms with Crippen molar-refractivity contribution >= 4 is 23.1 Å². The zero-order chi connectivity index (χ0) is 86.0. The van der Waals surface area contributed by atoms with Crippen LogP contribution >= 0.6 is 0 Å². The van der Waals surface area contributed by atoms with Crippen molar-refractivity contribution < 1.29 is 92.2 Å². The van der Waals surface area contributed by atoms with Crippen molar-refractivity contribution in [1.82, 2.24) is 39.9 Å². The summed E-state index contributed by atoms with van der Waals surface area (Å²) in [4.78, 5) is 84.8. The molecule has 0 saturated heterocycles. The van der Waals surface area contributed by atoms with Gasteiger partial charge in [-0.2, -0.15) is 35.1 Å². The van der Waals surface area contributed by atoms with Gasteiger partial charge < -0.3 is 37.9 Å². The van der Waals surface area contributed by atoms with Crippen LogP contribution in [0.2, 0.25) is 0 Å². The van der Waals surface area contributed by atoms with Gasteiger partial charge in [-0.05, 0) is 199 Å². The third-order valence-corrected chi connectivity index (χ3v) is 24.3. The summed E-state index contributed by atoms with van der Waals surface area (Å²) >= 11 is 0. The Kier molecular flexibility index (Phi) is 37.6. The predicted molar refractivity (Wildman–Crippen MR) is 436 cm³/mol. The van der Waals surface area contributed by atoms with Crippen LogP contribution < -0.4 is 37.9 Å². The summed E-state index contributed by atoms with van der Waals surface area (Å²) in [5, 5.41) is 0. The minimum Gasteiger partial charge on any atom is -0.481 e. The van der Waals surface area contributed by atoms with Crippen LogP contribution in [0.1, 0.15) is 270 Å². The van der Waals surface area contributed by atoms with E-state index in [0.717, 1.165) is 151 Å². The van der Waals surface area contributed by atoms with Crippen LogP contribution in [0.25, 0.3) is 0 Å². The number of hydrogen-bond donors (Lipinski definition) is 0. The van der Waals surface area contributed by atoms with E-state index in [9.17, 15) is 54.3 Å². The Morgan fingerprint density at radius 3 is 0.633 bits per heavy atom. The Labute approximate surface area is 697 Å². The molecule has 8 heterocycles. The molecule has 0 aromatic carbocycles. The number of carbonyl (C=O) groups excluding carboxylic acids is 4. The normalized spacial score (nSPS) is 20.0. The Morgan fingerprint density at radius 2 is 0.483 bits per heavy atom. The molecular weight excluding hydrogens is 1560 g/mol. The molecule has 12 rings (SSSR count). The van der Waals surface area contributed by atoms with Crippen molar-refractivity contribution in [3.63, 3.8) is 0 Å². The number of Topliss-reactive ketones (excluding diaryl/α,β-unsaturated/α-hetero) is 4. The highest BCUT2D eigenvalue weighted by atomic mass is 19.3. The summed E-state index contributed by atoms with van der Waals surface area (Å²) in [6, 6.07) is 26.2. The Bertz CT molecular complexity index is 3840. The average Bonchev–Trinajstić information content (AvgIpc) is 0.842. The Balaban J connectivity index is 0.000000182. The van der Waals surface area contributed by atoms with Crippen LogP contribution in [0.4, 0.5) is 35.1 Å². The maximum atomic E-state index is 12.7. The number of nitrogens with zero attached hydrogens (tertiary/aromatic N) is 8. The molecule has 4 fully saturated rings. The van der Waals surface area contributed by atoms with Gasteiger partial charge in [-0.25, -0.2) is 19.9 Å². The van der Waals surface area contributed by atoms with Crippen LogP contribution in [0.15, 0.2) is 147 Å². The summed E-state index contributed by atoms with van der Waals surface area (Å²) in [5.74, 6) is 7.16. The lowest BCUT2D eigenvalue weighted by molar-refractivity contribution is -0.0506. The molecule has 4 aliphatic rings. The molecule has 8 aromatic heterocycles. The molecule has 0 spiro atoms. The molecular formula is C92H112F8N8O12. The van der Waals surface area contributed by atoms with Crippen LogP contribution in [0, 0.1) is 47.3 Å². The van der Waals surface area contributed by atoms with E-state index >= 15 is 0 Å². The number of ether oxygens (including phenoxy) is 8. The molecule has 8 aromatic rings. The fourth-order valence-electron chi connectivity index (χ4n) is 17.5. The first-order chi connectivity index (χ1) is 58.0. The second-order valence-electron chi connectivity index (χ2n) is 31.2. The number of ketones is 4. The van der Waals surface area contributed by atoms with Crippen molar-refractivity contribution in [2.75, 3.05) is 28.4 Å². The minimum absolute atomic E-state index is 0.109. The van der Waals surface area contributed by atoms with Gasteiger partial charge in [0.15, 0.2) is 23.1 Å². The van der Waals surface area contributed by atoms with Gasteiger partial charge in [-0.3, -0.25) is 39.1 Å². The zero-order valence-electron chi connectivity index (χ0n) is 69.6. The lowest BCUT2D eigenvalue weighted by atomic mass is 9.72. The van der Waals surface area contributed by atoms with E-state index < -0.39 is 26.4 Å². The van der Waals surface area contributed by atoms with Crippen molar-refractivity contribution in [3.05, 3.63) is 192 Å². The number of halogens is 8. The third-order valence-electron chi connectivity index (χ3n) is 24.3. The molecule has 0 aliphatic heterocycles. The van der Waals surface area contributed by atoms with Gasteiger partial charge in [-0.1, -0.05) is 53.4 Å². The molecule has 20 nitrogen and oxygen atoms in total. The van der Waals surface area contributed by atoms with Gasteiger partial charge in [0.1, 0.15) is 23.0 Å². The van der Waals surface area contributed by atoms with E-state index in [4.69, 9.17) is 18.9 Å². The minimum atomic E-state index is -2.83. The van der Waals surface area contributed by atoms with Gasteiger partial charge >= 0.3 is 26.4 Å². The smallest absolute Gasteiger partial charge is 0.387 e. The maximum absolute atomic E-state index is 12.7. The summed E-state index contributed by atoms with van der Waals surface area (Å²) in [7, 11) is 6.19. The zero-order valence-corrected chi connectivity index (χ0v) is 69.6. The Morgan fingerprint density at radius 1 is 0.292 bits per heavy atom. The van der Waals surface area contributed by atoms with Crippen molar-refractivity contribution in [2.45, 2.75) is 232 Å². The molecule has 648 valence electrons. The highest BCUT2D eigenvalue weighted by Crippen LogP contribution is 2.46. The number of pyridine rings is 8. The highest BCUT2D eigenvalue weighted by Gasteiger charge is 2.35. The topological polar surface area (TPSA) is 245 Å². The second kappa shape index (κ2) is 48.2. The summed E-state index contributed by atoms with van der Waals surface area (Å²) < 4.78 is 138. The summed E-state index contributed by atoms with van der Waals surface area (Å²) in [6.07, 6.45) is 33.7. The van der Waals surface area contributed by atoms with Crippen molar-refractivity contribution in [2.24, 2.45) is 47.3 Å². The summed E-state index contributed by atoms with van der Waals surface area (Å²) in [5.41, 5.74) is 5.68. The van der Waals surface area contributed by atoms with Crippen LogP contribution in [0.5, 0.6) is 46.5 Å². The molecule has 0 N–H and O–H groups in total. The van der Waals surface area contributed by atoms with Gasteiger partial charge in [-0.15, -0.1) is 0 Å². The number of methoxy groups -OCH3 is 4. The molecule has 0 unspecified atom stereocenters. The van der Waals surface area contributed by atoms with E-state index in [1.54, 1.807) is 126 Å². The molecule has 4 saturated carbocycles. The monoisotopic (exact) mass is 1670 g/mol. The van der Waals surface area contributed by atoms with E-state index in [-0.39, 0.29) is 69.8 Å². The quantitative estimate of drug-likeness (QED) is 0.0262. The maximum Gasteiger partial charge on any atom is 0.387 e. The van der Waals surface area contributed by atoms with Crippen LogP contribution in [0.3, 0.4) is 0 Å². The van der Waals surface area contributed by atoms with E-state index in [0.29, 0.717) is 119 Å². The molecule has 0 amide bonds. The van der Waals surface area contributed by atoms with Gasteiger partial charge in [0, 0.05) is 192 Å². The van der Waals surface area contributed by atoms with E-state index in [1.165, 1.54) is 49.1 Å². The second-order valence-corrected chi connectivity index (χ2v) is 31.2. The fraction of sp³-hybridized carbons (Fsp3) is 0.522. The third kappa shape index (κ3) is 29.0. The number of rotatable bonds is 36. The number of hydrogen-bond acceptors (Lipinski definition) is 20. The van der Waals surface area contributed by atoms with Gasteiger partial charge in [0.25, 0.3) is 0 Å². The van der Waals surface area contributed by atoms with Crippen molar-refractivity contribution in [1.29, 1.82) is 0 Å². The van der Waals surface area contributed by atoms with E-state index in [2.05, 4.69) is 86.5 Å². The van der Waals surface area contributed by atoms with Gasteiger partial charge in [0.2, 0.25) is 23.5 Å². The SMILES string of the molecule is CC[C@@H](CC(=O)c1ccc(OC)nc1)C1CCC(c2cc(OC(F)F)ccn2)CC1.CC[C@@H](CC(=O)c1ccc(OC)nc1)C1CCC(c2cc(OC(F)F)ccn2)CC1.CC[C@H](CC(=O)c1ccc(OC)nc1)C1CCC(c2cc(OC(F)F)ccn2)CC1.CC[C@H](CC(=O)c1ccc(OC)nc1)C1CCC(c2cc(OC(F)F)ccn2)CC1. The average molecular weight is 1670 g/mol. The first kappa shape index (κ1) is 93.6. The largest absolute Gasteiger partial charge is 0.481 e. The molecule has 120 heavy (non-hydrogen) atoms. The molecule has 0 radical (unpaired) electrons. The van der Waals surface area contributed by atoms with Crippen LogP contribution in [-0.2, 0) is 0 Å².